The van der Waals surface area contributed by atoms with E-state index >= 15 is 0 Å². The van der Waals surface area contributed by atoms with Gasteiger partial charge in [0.15, 0.2) is 0 Å². The summed E-state index contributed by atoms with van der Waals surface area (Å²) in [6, 6.07) is 9.88. The summed E-state index contributed by atoms with van der Waals surface area (Å²) in [5, 5.41) is 1.90. The Morgan fingerprint density at radius 1 is 1.12 bits per heavy atom. The van der Waals surface area contributed by atoms with Crippen molar-refractivity contribution in [2.45, 2.75) is 0 Å². The number of benzene rings is 1. The van der Waals surface area contributed by atoms with Gasteiger partial charge in [0.1, 0.15) is 5.01 Å². The molecule has 4 nitrogen and oxygen atoms in total. The molecule has 0 unspecified atom stereocenters. The molecule has 0 atom stereocenters. The molecule has 0 fully saturated rings. The van der Waals surface area contributed by atoms with E-state index in [0.29, 0.717) is 5.95 Å². The molecule has 0 aliphatic rings. The number of rotatable bonds is 1. The van der Waals surface area contributed by atoms with Gasteiger partial charge in [0.25, 0.3) is 0 Å². The second-order valence-electron chi connectivity index (χ2n) is 3.33. The predicted molar refractivity (Wildman–Crippen MR) is 65.1 cm³/mol. The molecule has 0 amide bonds. The zero-order chi connectivity index (χ0) is 11.0. The van der Waals surface area contributed by atoms with Gasteiger partial charge in [-0.1, -0.05) is 18.2 Å². The van der Waals surface area contributed by atoms with Crippen LogP contribution in [0.5, 0.6) is 0 Å². The number of pyridine rings is 1. The SMILES string of the molecule is Nc1nsc(-c2cccc3ncccc23)n1. The lowest BCUT2D eigenvalue weighted by Crippen LogP contribution is -1.86. The molecule has 0 aliphatic heterocycles. The van der Waals surface area contributed by atoms with Crippen LogP contribution in [0.4, 0.5) is 5.95 Å². The maximum atomic E-state index is 5.53. The summed E-state index contributed by atoms with van der Waals surface area (Å²) < 4.78 is 3.99. The van der Waals surface area contributed by atoms with Crippen LogP contribution in [0.1, 0.15) is 0 Å². The van der Waals surface area contributed by atoms with Gasteiger partial charge in [-0.2, -0.15) is 9.36 Å². The highest BCUT2D eigenvalue weighted by Crippen LogP contribution is 2.28. The molecule has 16 heavy (non-hydrogen) atoms. The van der Waals surface area contributed by atoms with Crippen molar-refractivity contribution in [3.05, 3.63) is 36.5 Å². The highest BCUT2D eigenvalue weighted by molar-refractivity contribution is 7.09. The van der Waals surface area contributed by atoms with Crippen molar-refractivity contribution in [1.82, 2.24) is 14.3 Å². The number of aromatic nitrogens is 3. The summed E-state index contributed by atoms with van der Waals surface area (Å²) in [6.07, 6.45) is 1.78. The zero-order valence-electron chi connectivity index (χ0n) is 8.29. The first-order valence-electron chi connectivity index (χ1n) is 4.78. The van der Waals surface area contributed by atoms with Crippen LogP contribution in [0.25, 0.3) is 21.5 Å². The molecule has 5 heteroatoms. The van der Waals surface area contributed by atoms with Gasteiger partial charge in [0.2, 0.25) is 5.95 Å². The van der Waals surface area contributed by atoms with E-state index in [4.69, 9.17) is 5.73 Å². The van der Waals surface area contributed by atoms with Crippen LogP contribution < -0.4 is 5.73 Å². The summed E-state index contributed by atoms with van der Waals surface area (Å²) in [7, 11) is 0. The average molecular weight is 228 g/mol. The van der Waals surface area contributed by atoms with E-state index in [1.807, 2.05) is 30.3 Å². The second-order valence-corrected chi connectivity index (χ2v) is 4.09. The summed E-state index contributed by atoms with van der Waals surface area (Å²) in [5.74, 6) is 0.320. The summed E-state index contributed by atoms with van der Waals surface area (Å²) in [4.78, 5) is 8.49. The Balaban J connectivity index is 2.31. The van der Waals surface area contributed by atoms with Crippen molar-refractivity contribution in [1.29, 1.82) is 0 Å². The van der Waals surface area contributed by atoms with Crippen LogP contribution >= 0.6 is 11.5 Å². The number of anilines is 1. The number of hydrogen-bond donors (Lipinski definition) is 1. The van der Waals surface area contributed by atoms with Crippen molar-refractivity contribution >= 4 is 28.4 Å². The number of hydrogen-bond acceptors (Lipinski definition) is 5. The Bertz CT molecular complexity index is 642. The number of nitrogen functional groups attached to an aromatic ring is 1. The first-order chi connectivity index (χ1) is 7.84. The molecule has 78 valence electrons. The van der Waals surface area contributed by atoms with Gasteiger partial charge in [-0.15, -0.1) is 0 Å². The van der Waals surface area contributed by atoms with E-state index in [-0.39, 0.29) is 0 Å². The second kappa shape index (κ2) is 3.53. The van der Waals surface area contributed by atoms with E-state index in [9.17, 15) is 0 Å². The smallest absolute Gasteiger partial charge is 0.232 e. The van der Waals surface area contributed by atoms with Gasteiger partial charge in [-0.05, 0) is 23.7 Å². The third-order valence-corrected chi connectivity index (χ3v) is 3.08. The fourth-order valence-corrected chi connectivity index (χ4v) is 2.27. The van der Waals surface area contributed by atoms with Crippen LogP contribution in [0.15, 0.2) is 36.5 Å². The molecule has 2 aromatic heterocycles. The summed E-state index contributed by atoms with van der Waals surface area (Å²) in [6.45, 7) is 0. The maximum absolute atomic E-state index is 5.53. The minimum Gasteiger partial charge on any atom is -0.367 e. The lowest BCUT2D eigenvalue weighted by Gasteiger charge is -2.01. The van der Waals surface area contributed by atoms with E-state index < -0.39 is 0 Å². The lowest BCUT2D eigenvalue weighted by molar-refractivity contribution is 1.34. The van der Waals surface area contributed by atoms with Crippen LogP contribution in [-0.4, -0.2) is 14.3 Å². The van der Waals surface area contributed by atoms with Crippen LogP contribution in [0, 0.1) is 0 Å². The highest BCUT2D eigenvalue weighted by Gasteiger charge is 2.08. The molecule has 2 heterocycles. The van der Waals surface area contributed by atoms with Gasteiger partial charge in [-0.3, -0.25) is 4.98 Å². The molecular formula is C11H8N4S. The molecule has 0 spiro atoms. The minimum atomic E-state index is 0.320. The van der Waals surface area contributed by atoms with Crippen LogP contribution in [0.3, 0.4) is 0 Å². The first-order valence-corrected chi connectivity index (χ1v) is 5.55. The van der Waals surface area contributed by atoms with Gasteiger partial charge in [0, 0.05) is 17.1 Å². The third-order valence-electron chi connectivity index (χ3n) is 2.32. The number of nitrogens with zero attached hydrogens (tertiary/aromatic N) is 3. The van der Waals surface area contributed by atoms with E-state index in [1.165, 1.54) is 11.5 Å². The molecule has 0 aliphatic carbocycles. The number of fused-ring (bicyclic) bond motifs is 1. The van der Waals surface area contributed by atoms with Crippen molar-refractivity contribution in [2.24, 2.45) is 0 Å². The Morgan fingerprint density at radius 3 is 2.88 bits per heavy atom. The monoisotopic (exact) mass is 228 g/mol. The average Bonchev–Trinajstić information content (AvgIpc) is 2.75. The normalized spacial score (nSPS) is 10.8. The van der Waals surface area contributed by atoms with Crippen molar-refractivity contribution in [2.75, 3.05) is 5.73 Å². The largest absolute Gasteiger partial charge is 0.367 e. The molecule has 2 N–H and O–H groups in total. The third kappa shape index (κ3) is 1.42. The summed E-state index contributed by atoms with van der Waals surface area (Å²) in [5.41, 5.74) is 7.51. The van der Waals surface area contributed by atoms with E-state index in [1.54, 1.807) is 6.20 Å². The Morgan fingerprint density at radius 2 is 2.06 bits per heavy atom. The molecule has 3 rings (SSSR count). The molecule has 0 saturated carbocycles. The Kier molecular flexibility index (Phi) is 2.04. The standard InChI is InChI=1S/C11H8N4S/c12-11-14-10(16-15-11)8-3-1-5-9-7(8)4-2-6-13-9/h1-6H,(H2,12,15). The molecule has 0 saturated heterocycles. The Labute approximate surface area is 96.0 Å². The van der Waals surface area contributed by atoms with E-state index in [2.05, 4.69) is 14.3 Å². The van der Waals surface area contributed by atoms with E-state index in [0.717, 1.165) is 21.5 Å². The lowest BCUT2D eigenvalue weighted by atomic mass is 10.1. The summed E-state index contributed by atoms with van der Waals surface area (Å²) >= 11 is 1.30. The molecular weight excluding hydrogens is 220 g/mol. The number of nitrogens with two attached hydrogens (primary N) is 1. The fraction of sp³-hybridized carbons (Fsp3) is 0. The predicted octanol–water partition coefficient (Wildman–Crippen LogP) is 2.34. The topological polar surface area (TPSA) is 64.7 Å². The molecule has 0 bridgehead atoms. The molecule has 0 radical (unpaired) electrons. The van der Waals surface area contributed by atoms with Crippen LogP contribution in [-0.2, 0) is 0 Å². The van der Waals surface area contributed by atoms with Crippen molar-refractivity contribution in [3.8, 4) is 10.6 Å². The maximum Gasteiger partial charge on any atom is 0.232 e. The zero-order valence-corrected chi connectivity index (χ0v) is 9.11. The van der Waals surface area contributed by atoms with Crippen LogP contribution in [0.2, 0.25) is 0 Å². The quantitative estimate of drug-likeness (QED) is 0.694. The minimum absolute atomic E-state index is 0.320. The molecule has 1 aromatic carbocycles. The van der Waals surface area contributed by atoms with Gasteiger partial charge in [-0.25, -0.2) is 0 Å². The Hall–Kier alpha value is -2.01. The van der Waals surface area contributed by atoms with Crippen molar-refractivity contribution < 1.29 is 0 Å². The first kappa shape index (κ1) is 9.23. The van der Waals surface area contributed by atoms with Gasteiger partial charge < -0.3 is 5.73 Å². The van der Waals surface area contributed by atoms with Crippen molar-refractivity contribution in [3.63, 3.8) is 0 Å². The highest BCUT2D eigenvalue weighted by atomic mass is 32.1. The molecule has 3 aromatic rings. The van der Waals surface area contributed by atoms with Gasteiger partial charge in [0.05, 0.1) is 5.52 Å². The fourth-order valence-electron chi connectivity index (χ4n) is 1.63. The van der Waals surface area contributed by atoms with Gasteiger partial charge >= 0.3 is 0 Å².